The molecule has 0 heterocycles. The van der Waals surface area contributed by atoms with E-state index in [-0.39, 0.29) is 24.4 Å². The summed E-state index contributed by atoms with van der Waals surface area (Å²) in [5.41, 5.74) is 0.288. The van der Waals surface area contributed by atoms with Crippen molar-refractivity contribution in [1.82, 2.24) is 0 Å². The summed E-state index contributed by atoms with van der Waals surface area (Å²) < 4.78 is 16.6. The van der Waals surface area contributed by atoms with Crippen molar-refractivity contribution in [2.24, 2.45) is 51.8 Å². The van der Waals surface area contributed by atoms with E-state index in [9.17, 15) is 24.0 Å². The van der Waals surface area contributed by atoms with Gasteiger partial charge in [0.15, 0.2) is 0 Å². The summed E-state index contributed by atoms with van der Waals surface area (Å²) >= 11 is 0. The highest BCUT2D eigenvalue weighted by atomic mass is 16.6. The predicted molar refractivity (Wildman–Crippen MR) is 187 cm³/mol. The van der Waals surface area contributed by atoms with E-state index in [2.05, 4.69) is 40.7 Å². The van der Waals surface area contributed by atoms with Crippen molar-refractivity contribution in [1.29, 1.82) is 0 Å². The van der Waals surface area contributed by atoms with Crippen LogP contribution in [0.3, 0.4) is 0 Å². The van der Waals surface area contributed by atoms with Gasteiger partial charge in [0.25, 0.3) is 0 Å². The summed E-state index contributed by atoms with van der Waals surface area (Å²) in [6.45, 7) is 12.7. The number of carboxylic acid groups (broad SMARTS) is 2. The van der Waals surface area contributed by atoms with Gasteiger partial charge in [-0.05, 0) is 98.2 Å². The number of ether oxygens (including phenoxy) is 3. The van der Waals surface area contributed by atoms with Crippen molar-refractivity contribution < 1.29 is 48.4 Å². The van der Waals surface area contributed by atoms with Gasteiger partial charge in [0.2, 0.25) is 0 Å². The number of allylic oxidation sites excluding steroid dienone is 1. The van der Waals surface area contributed by atoms with Gasteiger partial charge in [-0.3, -0.25) is 24.0 Å². The van der Waals surface area contributed by atoms with Crippen molar-refractivity contribution in [3.05, 3.63) is 11.6 Å². The fraction of sp³-hybridized carbons (Fsp3) is 0.825. The number of carbonyl (C=O) groups is 5. The van der Waals surface area contributed by atoms with E-state index in [4.69, 9.17) is 24.4 Å². The Hall–Kier alpha value is -2.91. The molecule has 0 aromatic carbocycles. The first-order valence-corrected chi connectivity index (χ1v) is 19.1. The molecule has 0 amide bonds. The molecule has 0 aromatic rings. The molecule has 10 heteroatoms. The van der Waals surface area contributed by atoms with Crippen molar-refractivity contribution >= 4 is 29.8 Å². The molecular weight excluding hydrogens is 640 g/mol. The van der Waals surface area contributed by atoms with Crippen LogP contribution in [0.15, 0.2) is 11.6 Å². The zero-order chi connectivity index (χ0) is 36.9. The van der Waals surface area contributed by atoms with E-state index in [0.29, 0.717) is 30.1 Å². The lowest BCUT2D eigenvalue weighted by Crippen LogP contribution is -2.51. The number of hydrogen-bond donors (Lipinski definition) is 2. The van der Waals surface area contributed by atoms with E-state index in [0.717, 1.165) is 36.5 Å². The average molecular weight is 703 g/mol. The molecule has 0 spiro atoms. The van der Waals surface area contributed by atoms with Crippen LogP contribution in [-0.4, -0.2) is 59.4 Å². The lowest BCUT2D eigenvalue weighted by Gasteiger charge is -2.58. The van der Waals surface area contributed by atoms with Crippen molar-refractivity contribution in [2.45, 2.75) is 144 Å². The van der Waals surface area contributed by atoms with Crippen LogP contribution in [0, 0.1) is 51.8 Å². The van der Waals surface area contributed by atoms with E-state index in [1.54, 1.807) is 0 Å². The first-order valence-electron chi connectivity index (χ1n) is 19.1. The van der Waals surface area contributed by atoms with Gasteiger partial charge in [-0.15, -0.1) is 0 Å². The first kappa shape index (κ1) is 39.9. The second-order valence-corrected chi connectivity index (χ2v) is 17.2. The fourth-order valence-corrected chi connectivity index (χ4v) is 10.2. The largest absolute Gasteiger partial charge is 0.481 e. The second kappa shape index (κ2) is 16.6. The molecule has 2 N–H and O–H groups in total. The molecule has 0 radical (unpaired) electrons. The summed E-state index contributed by atoms with van der Waals surface area (Å²) in [6.07, 6.45) is 13.0. The van der Waals surface area contributed by atoms with Crippen LogP contribution < -0.4 is 0 Å². The van der Waals surface area contributed by atoms with Crippen LogP contribution in [0.4, 0.5) is 0 Å². The molecule has 282 valence electrons. The number of fused-ring (bicyclic) bond motifs is 5. The summed E-state index contributed by atoms with van der Waals surface area (Å²) in [5.74, 6) is -0.183. The van der Waals surface area contributed by atoms with Crippen LogP contribution >= 0.6 is 0 Å². The van der Waals surface area contributed by atoms with Gasteiger partial charge in [-0.25, -0.2) is 0 Å². The van der Waals surface area contributed by atoms with Crippen molar-refractivity contribution in [3.63, 3.8) is 0 Å². The molecular formula is C40H62O10. The van der Waals surface area contributed by atoms with Gasteiger partial charge < -0.3 is 24.4 Å². The molecule has 8 atom stereocenters. The highest BCUT2D eigenvalue weighted by molar-refractivity contribution is 5.80. The Morgan fingerprint density at radius 2 is 1.46 bits per heavy atom. The minimum Gasteiger partial charge on any atom is -0.481 e. The van der Waals surface area contributed by atoms with E-state index in [1.165, 1.54) is 57.4 Å². The van der Waals surface area contributed by atoms with E-state index >= 15 is 0 Å². The Morgan fingerprint density at radius 1 is 0.840 bits per heavy atom. The molecule has 3 saturated carbocycles. The Kier molecular flexibility index (Phi) is 13.3. The van der Waals surface area contributed by atoms with Crippen LogP contribution in [0.2, 0.25) is 0 Å². The quantitative estimate of drug-likeness (QED) is 0.0873. The summed E-state index contributed by atoms with van der Waals surface area (Å²) in [6, 6.07) is 0. The Balaban J connectivity index is 1.40. The maximum Gasteiger partial charge on any atom is 0.319 e. The van der Waals surface area contributed by atoms with Gasteiger partial charge in [0, 0.05) is 6.42 Å². The molecule has 0 saturated heterocycles. The lowest BCUT2D eigenvalue weighted by atomic mass is 9.47. The standard InChI is InChI=1S/C40H62O10/c1-25(2)8-7-9-26(3)30-12-13-31-29-11-10-27-22-28(18-20-39(27,5)32(29)19-21-40(30,31)6)50-37(47)38(4,23-48-35(45)16-14-33(41)42)24-49-36(46)17-15-34(43)44/h10,25-26,28-32H,7-9,11-24H2,1-6H3,(H,41,42)(H,43,44)/t26-,28-,29+,30-,31+,32+,39-,40+/m0/s1. The smallest absolute Gasteiger partial charge is 0.319 e. The monoisotopic (exact) mass is 702 g/mol. The zero-order valence-corrected chi connectivity index (χ0v) is 31.3. The van der Waals surface area contributed by atoms with Gasteiger partial charge in [0.1, 0.15) is 24.7 Å². The SMILES string of the molecule is CC(C)CCC[C@H](C)[C@@H]1CC[C@@H]2[C@H]3CC=C4C[C@@H](OC(=O)C(C)(COC(=O)CCC(=O)O)COC(=O)CCC(=O)O)CC[C@]4(C)[C@@H]3CC[C@@]21C. The van der Waals surface area contributed by atoms with Crippen molar-refractivity contribution in [2.75, 3.05) is 13.2 Å². The second-order valence-electron chi connectivity index (χ2n) is 17.2. The highest BCUT2D eigenvalue weighted by Crippen LogP contribution is 2.67. The minimum atomic E-state index is -1.55. The molecule has 0 aliphatic heterocycles. The van der Waals surface area contributed by atoms with E-state index < -0.39 is 61.3 Å². The third-order valence-electron chi connectivity index (χ3n) is 13.2. The number of esters is 3. The number of aliphatic carboxylic acids is 2. The average Bonchev–Trinajstić information content (AvgIpc) is 3.41. The lowest BCUT2D eigenvalue weighted by molar-refractivity contribution is -0.176. The maximum atomic E-state index is 13.7. The molecule has 4 aliphatic carbocycles. The van der Waals surface area contributed by atoms with Gasteiger partial charge in [0.05, 0.1) is 25.7 Å². The predicted octanol–water partition coefficient (Wildman–Crippen LogP) is 7.76. The molecule has 10 nitrogen and oxygen atoms in total. The van der Waals surface area contributed by atoms with Gasteiger partial charge >= 0.3 is 29.8 Å². The normalized spacial score (nSPS) is 31.0. The molecule has 0 unspecified atom stereocenters. The Bertz CT molecular complexity index is 1250. The highest BCUT2D eigenvalue weighted by Gasteiger charge is 2.59. The minimum absolute atomic E-state index is 0.0662. The Morgan fingerprint density at radius 3 is 2.04 bits per heavy atom. The number of rotatable bonds is 17. The van der Waals surface area contributed by atoms with Gasteiger partial charge in [-0.1, -0.05) is 65.5 Å². The Labute approximate surface area is 298 Å². The molecule has 4 rings (SSSR count). The molecule has 0 aromatic heterocycles. The molecule has 50 heavy (non-hydrogen) atoms. The van der Waals surface area contributed by atoms with Crippen LogP contribution in [0.1, 0.15) is 138 Å². The van der Waals surface area contributed by atoms with Crippen LogP contribution in [0.5, 0.6) is 0 Å². The van der Waals surface area contributed by atoms with E-state index in [1.807, 2.05) is 0 Å². The fourth-order valence-electron chi connectivity index (χ4n) is 10.2. The summed E-state index contributed by atoms with van der Waals surface area (Å²) in [5, 5.41) is 17.8. The zero-order valence-electron chi connectivity index (χ0n) is 31.3. The number of carboxylic acids is 2. The van der Waals surface area contributed by atoms with Gasteiger partial charge in [-0.2, -0.15) is 0 Å². The summed E-state index contributed by atoms with van der Waals surface area (Å²) in [4.78, 5) is 59.9. The molecule has 0 bridgehead atoms. The first-order chi connectivity index (χ1) is 23.5. The molecule has 4 aliphatic rings. The summed E-state index contributed by atoms with van der Waals surface area (Å²) in [7, 11) is 0. The maximum absolute atomic E-state index is 13.7. The van der Waals surface area contributed by atoms with Crippen LogP contribution in [0.25, 0.3) is 0 Å². The third kappa shape index (κ3) is 9.30. The van der Waals surface area contributed by atoms with Crippen molar-refractivity contribution in [3.8, 4) is 0 Å². The third-order valence-corrected chi connectivity index (χ3v) is 13.2. The topological polar surface area (TPSA) is 154 Å². The molecule has 3 fully saturated rings. The number of carbonyl (C=O) groups excluding carboxylic acids is 3. The number of hydrogen-bond acceptors (Lipinski definition) is 8. The van der Waals surface area contributed by atoms with Crippen LogP contribution in [-0.2, 0) is 38.2 Å².